The molecule has 1 fully saturated rings. The number of fused-ring (bicyclic) bond motifs is 1. The lowest BCUT2D eigenvalue weighted by atomic mass is 10.2. The van der Waals surface area contributed by atoms with Crippen molar-refractivity contribution in [2.24, 2.45) is 0 Å². The minimum absolute atomic E-state index is 0.183. The molecule has 5 nitrogen and oxygen atoms in total. The fraction of sp³-hybridized carbons (Fsp3) is 0.375. The van der Waals surface area contributed by atoms with Gasteiger partial charge in [0.25, 0.3) is 0 Å². The number of thiazole rings is 1. The third kappa shape index (κ3) is 3.26. The lowest BCUT2D eigenvalue weighted by Gasteiger charge is -2.32. The van der Waals surface area contributed by atoms with Gasteiger partial charge in [0.15, 0.2) is 5.82 Å². The second-order valence-corrected chi connectivity index (χ2v) is 7.63. The van der Waals surface area contributed by atoms with Gasteiger partial charge in [-0.3, -0.25) is 0 Å². The van der Waals surface area contributed by atoms with Crippen LogP contribution in [0.25, 0.3) is 22.6 Å². The van der Waals surface area contributed by atoms with E-state index in [1.165, 1.54) is 0 Å². The van der Waals surface area contributed by atoms with Crippen molar-refractivity contribution in [1.82, 2.24) is 20.3 Å². The zero-order valence-electron chi connectivity index (χ0n) is 13.7. The summed E-state index contributed by atoms with van der Waals surface area (Å²) in [5.74, 6) is 0.315. The van der Waals surface area contributed by atoms with Crippen molar-refractivity contribution in [3.05, 3.63) is 28.2 Å². The van der Waals surface area contributed by atoms with Crippen LogP contribution < -0.4 is 10.2 Å². The highest BCUT2D eigenvalue weighted by Crippen LogP contribution is 2.42. The molecule has 4 rings (SSSR count). The maximum Gasteiger partial charge on any atom is 0.443 e. The van der Waals surface area contributed by atoms with Gasteiger partial charge in [0.05, 0.1) is 11.0 Å². The van der Waals surface area contributed by atoms with E-state index in [1.807, 2.05) is 11.8 Å². The van der Waals surface area contributed by atoms with Crippen LogP contribution in [0.4, 0.5) is 18.2 Å². The first kappa shape index (κ1) is 17.6. The number of anilines is 1. The van der Waals surface area contributed by atoms with Gasteiger partial charge in [0, 0.05) is 30.7 Å². The Bertz CT molecular complexity index is 951. The molecule has 0 bridgehead atoms. The molecule has 10 heteroatoms. The molecule has 1 aliphatic heterocycles. The molecular formula is C16H15ClF3N5S. The smallest absolute Gasteiger partial charge is 0.359 e. The number of benzene rings is 1. The van der Waals surface area contributed by atoms with E-state index in [4.69, 9.17) is 11.6 Å². The van der Waals surface area contributed by atoms with Crippen molar-refractivity contribution in [2.75, 3.05) is 24.5 Å². The lowest BCUT2D eigenvalue weighted by molar-refractivity contribution is -0.137. The number of nitrogens with zero attached hydrogens (tertiary/aromatic N) is 3. The highest BCUT2D eigenvalue weighted by molar-refractivity contribution is 7.16. The number of hydrogen-bond donors (Lipinski definition) is 2. The van der Waals surface area contributed by atoms with E-state index in [-0.39, 0.29) is 11.7 Å². The summed E-state index contributed by atoms with van der Waals surface area (Å²) in [6.07, 6.45) is -4.49. The zero-order valence-corrected chi connectivity index (χ0v) is 15.3. The summed E-state index contributed by atoms with van der Waals surface area (Å²) in [6.45, 7) is 3.93. The normalized spacial score (nSPS) is 18.7. The summed E-state index contributed by atoms with van der Waals surface area (Å²) in [5.41, 5.74) is 1.52. The van der Waals surface area contributed by atoms with Gasteiger partial charge in [0.2, 0.25) is 5.01 Å². The molecule has 138 valence electrons. The first-order chi connectivity index (χ1) is 12.3. The van der Waals surface area contributed by atoms with Crippen LogP contribution in [0, 0.1) is 0 Å². The van der Waals surface area contributed by atoms with Crippen LogP contribution in [0.5, 0.6) is 0 Å². The van der Waals surface area contributed by atoms with Crippen molar-refractivity contribution in [3.8, 4) is 11.5 Å². The minimum Gasteiger partial charge on any atom is -0.359 e. The van der Waals surface area contributed by atoms with Crippen molar-refractivity contribution in [3.63, 3.8) is 0 Å². The van der Waals surface area contributed by atoms with Crippen LogP contribution in [0.3, 0.4) is 0 Å². The van der Waals surface area contributed by atoms with E-state index in [1.54, 1.807) is 18.2 Å². The van der Waals surface area contributed by atoms with Gasteiger partial charge in [-0.2, -0.15) is 13.2 Å². The molecule has 0 amide bonds. The first-order valence-corrected chi connectivity index (χ1v) is 9.22. The molecule has 0 spiro atoms. The molecule has 1 aromatic carbocycles. The third-order valence-corrected chi connectivity index (χ3v) is 5.57. The number of aromatic amines is 1. The number of rotatable bonds is 2. The fourth-order valence-corrected chi connectivity index (χ4v) is 4.15. The SMILES string of the molecule is C[C@@H]1CN(c2sc(C(F)(F)F)nc2-c2nc3ccc(Cl)cc3[nH]2)CCN1. The largest absolute Gasteiger partial charge is 0.443 e. The van der Waals surface area contributed by atoms with Crippen LogP contribution in [0.15, 0.2) is 18.2 Å². The number of H-pyrrole nitrogens is 1. The molecule has 3 heterocycles. The number of piperazine rings is 1. The van der Waals surface area contributed by atoms with Gasteiger partial charge >= 0.3 is 6.18 Å². The lowest BCUT2D eigenvalue weighted by Crippen LogP contribution is -2.49. The summed E-state index contributed by atoms with van der Waals surface area (Å²) in [6, 6.07) is 5.29. The molecule has 1 aliphatic rings. The summed E-state index contributed by atoms with van der Waals surface area (Å²) in [7, 11) is 0. The molecular weight excluding hydrogens is 387 g/mol. The predicted molar refractivity (Wildman–Crippen MR) is 96.9 cm³/mol. The quantitative estimate of drug-likeness (QED) is 0.677. The van der Waals surface area contributed by atoms with Crippen LogP contribution in [-0.4, -0.2) is 40.6 Å². The molecule has 0 unspecified atom stereocenters. The average Bonchev–Trinajstić information content (AvgIpc) is 3.17. The molecule has 0 aliphatic carbocycles. The van der Waals surface area contributed by atoms with Crippen LogP contribution >= 0.6 is 22.9 Å². The molecule has 1 saturated heterocycles. The van der Waals surface area contributed by atoms with E-state index in [0.717, 1.165) is 0 Å². The number of alkyl halides is 3. The second-order valence-electron chi connectivity index (χ2n) is 6.22. The number of hydrogen-bond acceptors (Lipinski definition) is 5. The van der Waals surface area contributed by atoms with Crippen LogP contribution in [0.1, 0.15) is 11.9 Å². The van der Waals surface area contributed by atoms with Gasteiger partial charge < -0.3 is 15.2 Å². The van der Waals surface area contributed by atoms with E-state index >= 15 is 0 Å². The van der Waals surface area contributed by atoms with Crippen molar-refractivity contribution in [2.45, 2.75) is 19.1 Å². The molecule has 26 heavy (non-hydrogen) atoms. The van der Waals surface area contributed by atoms with Gasteiger partial charge in [0.1, 0.15) is 10.7 Å². The van der Waals surface area contributed by atoms with Gasteiger partial charge in [-0.05, 0) is 25.1 Å². The average molecular weight is 402 g/mol. The molecule has 2 aromatic heterocycles. The summed E-state index contributed by atoms with van der Waals surface area (Å²) in [4.78, 5) is 13.3. The molecule has 3 aromatic rings. The second kappa shape index (κ2) is 6.40. The molecule has 2 N–H and O–H groups in total. The van der Waals surface area contributed by atoms with E-state index in [9.17, 15) is 13.2 Å². The Hall–Kier alpha value is -1.84. The minimum atomic E-state index is -4.49. The summed E-state index contributed by atoms with van der Waals surface area (Å²) >= 11 is 6.64. The molecule has 1 atom stereocenters. The zero-order chi connectivity index (χ0) is 18.5. The van der Waals surface area contributed by atoms with Crippen LogP contribution in [0.2, 0.25) is 5.02 Å². The van der Waals surface area contributed by atoms with Crippen molar-refractivity contribution >= 4 is 39.0 Å². The number of aromatic nitrogens is 3. The summed E-state index contributed by atoms with van der Waals surface area (Å²) < 4.78 is 39.8. The molecule has 0 saturated carbocycles. The van der Waals surface area contributed by atoms with Crippen LogP contribution in [-0.2, 0) is 6.18 Å². The Morgan fingerprint density at radius 1 is 1.31 bits per heavy atom. The fourth-order valence-electron chi connectivity index (χ4n) is 3.01. The topological polar surface area (TPSA) is 56.8 Å². The maximum atomic E-state index is 13.3. The van der Waals surface area contributed by atoms with Gasteiger partial charge in [-0.15, -0.1) is 0 Å². The Kier molecular flexibility index (Phi) is 4.32. The van der Waals surface area contributed by atoms with E-state index < -0.39 is 11.2 Å². The number of halogens is 4. The summed E-state index contributed by atoms with van der Waals surface area (Å²) in [5, 5.41) is 3.43. The van der Waals surface area contributed by atoms with Crippen molar-refractivity contribution in [1.29, 1.82) is 0 Å². The van der Waals surface area contributed by atoms with Gasteiger partial charge in [-0.25, -0.2) is 9.97 Å². The van der Waals surface area contributed by atoms with E-state index in [0.29, 0.717) is 57.9 Å². The Balaban J connectivity index is 1.83. The maximum absolute atomic E-state index is 13.3. The highest BCUT2D eigenvalue weighted by Gasteiger charge is 2.38. The molecule has 0 radical (unpaired) electrons. The Labute approximate surface area is 156 Å². The Morgan fingerprint density at radius 2 is 2.12 bits per heavy atom. The Morgan fingerprint density at radius 3 is 2.85 bits per heavy atom. The highest BCUT2D eigenvalue weighted by atomic mass is 35.5. The van der Waals surface area contributed by atoms with E-state index in [2.05, 4.69) is 20.3 Å². The first-order valence-electron chi connectivity index (χ1n) is 8.03. The van der Waals surface area contributed by atoms with Crippen molar-refractivity contribution < 1.29 is 13.2 Å². The number of nitrogens with one attached hydrogen (secondary N) is 2. The monoisotopic (exact) mass is 401 g/mol. The third-order valence-electron chi connectivity index (χ3n) is 4.18. The predicted octanol–water partition coefficient (Wildman–Crippen LogP) is 4.16. The number of imidazole rings is 1. The standard InChI is InChI=1S/C16H15ClF3N5S/c1-8-7-25(5-4-21-8)14-12(24-15(26-14)16(18,19)20)13-22-10-3-2-9(17)6-11(10)23-13/h2-3,6,8,21H,4-5,7H2,1H3,(H,22,23)/t8-/m1/s1. The van der Waals surface area contributed by atoms with Gasteiger partial charge in [-0.1, -0.05) is 22.9 Å².